The molecule has 260 valence electrons. The van der Waals surface area contributed by atoms with Crippen molar-refractivity contribution >= 4 is 54.0 Å². The van der Waals surface area contributed by atoms with Crippen molar-refractivity contribution in [1.82, 2.24) is 4.98 Å². The van der Waals surface area contributed by atoms with E-state index in [4.69, 9.17) is 4.98 Å². The van der Waals surface area contributed by atoms with Crippen LogP contribution in [-0.4, -0.2) is 4.98 Å². The summed E-state index contributed by atoms with van der Waals surface area (Å²) in [6, 6.07) is 77.1. The average Bonchev–Trinajstić information content (AvgIpc) is 3.28. The van der Waals surface area contributed by atoms with Crippen LogP contribution in [-0.2, 0) is 0 Å². The van der Waals surface area contributed by atoms with Gasteiger partial charge in [0, 0.05) is 10.9 Å². The molecule has 1 aromatic heterocycles. The fourth-order valence-corrected chi connectivity index (χ4v) is 8.72. The molecule has 0 spiro atoms. The molecule has 56 heavy (non-hydrogen) atoms. The van der Waals surface area contributed by atoms with Crippen LogP contribution in [0.25, 0.3) is 110 Å². The van der Waals surface area contributed by atoms with Crippen molar-refractivity contribution in [2.75, 3.05) is 0 Å². The third kappa shape index (κ3) is 5.44. The van der Waals surface area contributed by atoms with Crippen LogP contribution in [0.1, 0.15) is 0 Å². The molecule has 0 radical (unpaired) electrons. The van der Waals surface area contributed by atoms with Crippen LogP contribution >= 0.6 is 0 Å². The van der Waals surface area contributed by atoms with Gasteiger partial charge in [0.25, 0.3) is 0 Å². The van der Waals surface area contributed by atoms with Gasteiger partial charge in [-0.1, -0.05) is 176 Å². The first-order chi connectivity index (χ1) is 27.7. The zero-order valence-electron chi connectivity index (χ0n) is 30.7. The van der Waals surface area contributed by atoms with Gasteiger partial charge in [-0.15, -0.1) is 0 Å². The molecule has 1 heterocycles. The molecule has 0 fully saturated rings. The van der Waals surface area contributed by atoms with Gasteiger partial charge in [-0.05, 0) is 124 Å². The van der Waals surface area contributed by atoms with Crippen LogP contribution in [0.4, 0.5) is 0 Å². The Bertz CT molecular complexity index is 3280. The Morgan fingerprint density at radius 1 is 0.232 bits per heavy atom. The molecule has 0 saturated heterocycles. The Kier molecular flexibility index (Phi) is 7.57. The molecule has 11 aromatic rings. The lowest BCUT2D eigenvalue weighted by molar-refractivity contribution is 1.40. The van der Waals surface area contributed by atoms with E-state index in [1.807, 2.05) is 0 Å². The van der Waals surface area contributed by atoms with Crippen molar-refractivity contribution in [3.05, 3.63) is 212 Å². The number of hydrogen-bond acceptors (Lipinski definition) is 1. The molecule has 0 unspecified atom stereocenters. The lowest BCUT2D eigenvalue weighted by Gasteiger charge is -2.14. The third-order valence-electron chi connectivity index (χ3n) is 11.4. The minimum Gasteiger partial charge on any atom is -0.248 e. The van der Waals surface area contributed by atoms with E-state index in [-0.39, 0.29) is 0 Å². The predicted molar refractivity (Wildman–Crippen MR) is 239 cm³/mol. The van der Waals surface area contributed by atoms with Crippen molar-refractivity contribution < 1.29 is 0 Å². The Balaban J connectivity index is 0.994. The Morgan fingerprint density at radius 2 is 0.679 bits per heavy atom. The molecule has 0 amide bonds. The van der Waals surface area contributed by atoms with Crippen molar-refractivity contribution in [2.45, 2.75) is 0 Å². The van der Waals surface area contributed by atoms with E-state index in [1.165, 1.54) is 82.0 Å². The lowest BCUT2D eigenvalue weighted by atomic mass is 9.91. The topological polar surface area (TPSA) is 12.9 Å². The summed E-state index contributed by atoms with van der Waals surface area (Å²) in [6.45, 7) is 0. The first-order valence-corrected chi connectivity index (χ1v) is 19.3. The largest absolute Gasteiger partial charge is 0.248 e. The van der Waals surface area contributed by atoms with Gasteiger partial charge in [0.05, 0.1) is 11.2 Å². The van der Waals surface area contributed by atoms with E-state index in [0.29, 0.717) is 0 Å². The number of benzene rings is 10. The molecular formula is C55H35N. The van der Waals surface area contributed by atoms with Crippen molar-refractivity contribution in [3.8, 4) is 55.8 Å². The zero-order valence-corrected chi connectivity index (χ0v) is 30.7. The summed E-state index contributed by atoms with van der Waals surface area (Å²) < 4.78 is 0. The number of nitrogens with zero attached hydrogens (tertiary/aromatic N) is 1. The second kappa shape index (κ2) is 13.2. The van der Waals surface area contributed by atoms with Gasteiger partial charge >= 0.3 is 0 Å². The minimum absolute atomic E-state index is 0.959. The SMILES string of the molecule is c1cc(-c2cccc(-c3cc(-c4cccc(-c5cccc6ccccc56)c4)c4ccccc4n3)c2)cc(-c2ccc3c4ccccc4c4ccccc4c3c2)c1. The van der Waals surface area contributed by atoms with Crippen molar-refractivity contribution in [3.63, 3.8) is 0 Å². The minimum atomic E-state index is 0.959. The molecule has 11 rings (SSSR count). The van der Waals surface area contributed by atoms with Gasteiger partial charge in [0.2, 0.25) is 0 Å². The maximum Gasteiger partial charge on any atom is 0.0716 e. The molecular weight excluding hydrogens is 675 g/mol. The zero-order chi connectivity index (χ0) is 37.0. The number of aromatic nitrogens is 1. The van der Waals surface area contributed by atoms with Crippen LogP contribution in [0.3, 0.4) is 0 Å². The maximum atomic E-state index is 5.23. The lowest BCUT2D eigenvalue weighted by Crippen LogP contribution is -1.91. The summed E-state index contributed by atoms with van der Waals surface area (Å²) in [5, 5.41) is 11.4. The van der Waals surface area contributed by atoms with E-state index in [2.05, 4.69) is 212 Å². The fraction of sp³-hybridized carbons (Fsp3) is 0. The number of hydrogen-bond donors (Lipinski definition) is 0. The smallest absolute Gasteiger partial charge is 0.0716 e. The second-order valence-electron chi connectivity index (χ2n) is 14.7. The molecule has 1 heteroatoms. The van der Waals surface area contributed by atoms with E-state index in [1.54, 1.807) is 0 Å². The maximum absolute atomic E-state index is 5.23. The quantitative estimate of drug-likeness (QED) is 0.162. The van der Waals surface area contributed by atoms with Crippen LogP contribution in [0, 0.1) is 0 Å². The highest BCUT2D eigenvalue weighted by Gasteiger charge is 2.14. The molecule has 0 saturated carbocycles. The summed E-state index contributed by atoms with van der Waals surface area (Å²) in [7, 11) is 0. The molecule has 0 aliphatic heterocycles. The summed E-state index contributed by atoms with van der Waals surface area (Å²) >= 11 is 0. The van der Waals surface area contributed by atoms with Crippen LogP contribution < -0.4 is 0 Å². The monoisotopic (exact) mass is 709 g/mol. The Labute approximate surface area is 325 Å². The highest BCUT2D eigenvalue weighted by Crippen LogP contribution is 2.39. The Hall–Kier alpha value is -7.35. The molecule has 0 atom stereocenters. The van der Waals surface area contributed by atoms with Crippen LogP contribution in [0.15, 0.2) is 212 Å². The van der Waals surface area contributed by atoms with Gasteiger partial charge in [-0.2, -0.15) is 0 Å². The second-order valence-corrected chi connectivity index (χ2v) is 14.7. The van der Waals surface area contributed by atoms with E-state index in [0.717, 1.165) is 27.7 Å². The summed E-state index contributed by atoms with van der Waals surface area (Å²) in [6.07, 6.45) is 0. The van der Waals surface area contributed by atoms with Crippen molar-refractivity contribution in [1.29, 1.82) is 0 Å². The number of para-hydroxylation sites is 1. The molecule has 0 aliphatic carbocycles. The standard InChI is InChI=1S/C55H35N/c1-2-21-44-36(13-1)14-12-27-45(44)41-18-11-19-42(33-41)52-35-55(56-54-28-8-7-26-51(52)54)43-20-10-17-39(32-43)37-15-9-16-38(31-37)40-29-30-50-48-24-4-3-22-46(48)47-23-5-6-25-49(47)53(50)34-40/h1-35H. The summed E-state index contributed by atoms with van der Waals surface area (Å²) in [5.41, 5.74) is 12.6. The highest BCUT2D eigenvalue weighted by molar-refractivity contribution is 6.25. The van der Waals surface area contributed by atoms with Gasteiger partial charge in [0.1, 0.15) is 0 Å². The van der Waals surface area contributed by atoms with Crippen molar-refractivity contribution in [2.24, 2.45) is 0 Å². The first-order valence-electron chi connectivity index (χ1n) is 19.3. The Morgan fingerprint density at radius 3 is 1.38 bits per heavy atom. The number of fused-ring (bicyclic) bond motifs is 8. The molecule has 0 N–H and O–H groups in total. The van der Waals surface area contributed by atoms with Gasteiger partial charge in [-0.25, -0.2) is 4.98 Å². The summed E-state index contributed by atoms with van der Waals surface area (Å²) in [5.74, 6) is 0. The van der Waals surface area contributed by atoms with Crippen LogP contribution in [0.5, 0.6) is 0 Å². The molecule has 0 aliphatic rings. The number of rotatable bonds is 5. The van der Waals surface area contributed by atoms with Crippen LogP contribution in [0.2, 0.25) is 0 Å². The van der Waals surface area contributed by atoms with E-state index < -0.39 is 0 Å². The van der Waals surface area contributed by atoms with Gasteiger partial charge < -0.3 is 0 Å². The first kappa shape index (κ1) is 32.1. The normalized spacial score (nSPS) is 11.6. The summed E-state index contributed by atoms with van der Waals surface area (Å²) in [4.78, 5) is 5.23. The average molecular weight is 710 g/mol. The predicted octanol–water partition coefficient (Wildman–Crippen LogP) is 15.2. The highest BCUT2D eigenvalue weighted by atomic mass is 14.7. The number of pyridine rings is 1. The van der Waals surface area contributed by atoms with Gasteiger partial charge in [-0.3, -0.25) is 0 Å². The molecule has 0 bridgehead atoms. The molecule has 1 nitrogen and oxygen atoms in total. The van der Waals surface area contributed by atoms with E-state index in [9.17, 15) is 0 Å². The third-order valence-corrected chi connectivity index (χ3v) is 11.4. The fourth-order valence-electron chi connectivity index (χ4n) is 8.72. The molecule has 10 aromatic carbocycles. The van der Waals surface area contributed by atoms with E-state index >= 15 is 0 Å². The van der Waals surface area contributed by atoms with Gasteiger partial charge in [0.15, 0.2) is 0 Å².